The summed E-state index contributed by atoms with van der Waals surface area (Å²) in [5, 5.41) is 29.1. The Morgan fingerprint density at radius 1 is 1.06 bits per heavy atom. The van der Waals surface area contributed by atoms with Gasteiger partial charge in [0.15, 0.2) is 0 Å². The third-order valence-electron chi connectivity index (χ3n) is 5.45. The van der Waals surface area contributed by atoms with Gasteiger partial charge in [-0.2, -0.15) is 15.8 Å². The molecule has 7 heteroatoms. The number of ether oxygens (including phenoxy) is 1. The number of nitrogen functional groups attached to an aromatic ring is 1. The molecular weight excluding hydrogens is 402 g/mol. The lowest BCUT2D eigenvalue weighted by Crippen LogP contribution is -2.00. The summed E-state index contributed by atoms with van der Waals surface area (Å²) in [5.74, 6) is -0.116. The van der Waals surface area contributed by atoms with Crippen molar-refractivity contribution in [3.63, 3.8) is 0 Å². The van der Waals surface area contributed by atoms with Gasteiger partial charge in [-0.3, -0.25) is 0 Å². The number of nitriles is 3. The van der Waals surface area contributed by atoms with Gasteiger partial charge in [0, 0.05) is 24.4 Å². The maximum absolute atomic E-state index is 12.6. The molecular formula is C25H21N5O2. The number of carbonyl (C=O) groups excluding carboxylic acids is 1. The van der Waals surface area contributed by atoms with Crippen LogP contribution < -0.4 is 5.73 Å². The van der Waals surface area contributed by atoms with Gasteiger partial charge in [0.2, 0.25) is 0 Å². The first-order chi connectivity index (χ1) is 15.3. The van der Waals surface area contributed by atoms with E-state index in [1.165, 1.54) is 7.11 Å². The second-order valence-corrected chi connectivity index (χ2v) is 7.61. The molecule has 1 heterocycles. The van der Waals surface area contributed by atoms with Gasteiger partial charge in [0.25, 0.3) is 0 Å². The van der Waals surface area contributed by atoms with Crippen molar-refractivity contribution in [2.24, 2.45) is 7.05 Å². The minimum atomic E-state index is -0.537. The van der Waals surface area contributed by atoms with Crippen molar-refractivity contribution in [1.82, 2.24) is 4.57 Å². The fourth-order valence-corrected chi connectivity index (χ4v) is 3.74. The quantitative estimate of drug-likeness (QED) is 0.491. The van der Waals surface area contributed by atoms with E-state index in [0.717, 1.165) is 5.56 Å². The minimum absolute atomic E-state index is 0.155. The van der Waals surface area contributed by atoms with Crippen LogP contribution in [0.3, 0.4) is 0 Å². The van der Waals surface area contributed by atoms with E-state index >= 15 is 0 Å². The summed E-state index contributed by atoms with van der Waals surface area (Å²) in [6.45, 7) is 4.09. The number of fused-ring (bicyclic) bond motifs is 1. The highest BCUT2D eigenvalue weighted by Gasteiger charge is 2.28. The van der Waals surface area contributed by atoms with E-state index in [1.54, 1.807) is 23.9 Å². The van der Waals surface area contributed by atoms with Crippen molar-refractivity contribution < 1.29 is 9.53 Å². The van der Waals surface area contributed by atoms with Crippen molar-refractivity contribution in [2.45, 2.75) is 19.8 Å². The van der Waals surface area contributed by atoms with Gasteiger partial charge in [-0.1, -0.05) is 38.1 Å². The van der Waals surface area contributed by atoms with Gasteiger partial charge in [-0.05, 0) is 34.2 Å². The van der Waals surface area contributed by atoms with Crippen LogP contribution in [-0.2, 0) is 11.8 Å². The molecule has 0 amide bonds. The Balaban J connectivity index is 2.49. The summed E-state index contributed by atoms with van der Waals surface area (Å²) >= 11 is 0. The molecule has 2 N–H and O–H groups in total. The summed E-state index contributed by atoms with van der Waals surface area (Å²) in [5.41, 5.74) is 9.70. The maximum atomic E-state index is 12.6. The average Bonchev–Trinajstić information content (AvgIpc) is 3.16. The first kappa shape index (κ1) is 22.2. The van der Waals surface area contributed by atoms with Crippen LogP contribution in [0.5, 0.6) is 0 Å². The van der Waals surface area contributed by atoms with E-state index in [4.69, 9.17) is 10.5 Å². The first-order valence-electron chi connectivity index (χ1n) is 9.84. The molecule has 0 spiro atoms. The van der Waals surface area contributed by atoms with E-state index in [1.807, 2.05) is 50.3 Å². The van der Waals surface area contributed by atoms with Crippen molar-refractivity contribution in [3.05, 3.63) is 69.9 Å². The summed E-state index contributed by atoms with van der Waals surface area (Å²) < 4.78 is 6.55. The molecule has 0 saturated carbocycles. The topological polar surface area (TPSA) is 129 Å². The number of nitrogens with zero attached hydrogens (tertiary/aromatic N) is 4. The molecule has 0 fully saturated rings. The number of aryl methyl sites for hydroxylation is 1. The molecule has 1 aromatic heterocycles. The average molecular weight is 423 g/mol. The number of aromatic nitrogens is 1. The number of hydrogen-bond donors (Lipinski definition) is 1. The lowest BCUT2D eigenvalue weighted by Gasteiger charge is -2.08. The number of esters is 1. The van der Waals surface area contributed by atoms with Gasteiger partial charge in [-0.15, -0.1) is 0 Å². The standard InChI is InChI=1S/C25H21N5O2/c1-14(2)15-6-5-7-17-18(8-15)20(25(31)32-4)9-19(17)23(16(10-26)11-27)22-13-30(3)24(29)21(22)12-28/h5-9,13-14H,29H2,1-4H3. The number of methoxy groups -OCH3 is 1. The molecule has 3 rings (SSSR count). The Morgan fingerprint density at radius 3 is 2.31 bits per heavy atom. The van der Waals surface area contributed by atoms with Crippen LogP contribution in [0.1, 0.15) is 52.4 Å². The van der Waals surface area contributed by atoms with Gasteiger partial charge in [-0.25, -0.2) is 4.79 Å². The van der Waals surface area contributed by atoms with Gasteiger partial charge in [0.1, 0.15) is 35.2 Å². The van der Waals surface area contributed by atoms with E-state index < -0.39 is 5.97 Å². The molecule has 2 aliphatic carbocycles. The van der Waals surface area contributed by atoms with E-state index in [2.05, 4.69) is 6.07 Å². The highest BCUT2D eigenvalue weighted by molar-refractivity contribution is 6.06. The Kier molecular flexibility index (Phi) is 6.01. The summed E-state index contributed by atoms with van der Waals surface area (Å²) in [7, 11) is 2.97. The largest absolute Gasteiger partial charge is 0.465 e. The van der Waals surface area contributed by atoms with Crippen LogP contribution >= 0.6 is 0 Å². The third-order valence-corrected chi connectivity index (χ3v) is 5.45. The van der Waals surface area contributed by atoms with E-state index in [9.17, 15) is 20.6 Å². The molecule has 0 aliphatic heterocycles. The van der Waals surface area contributed by atoms with Gasteiger partial charge < -0.3 is 15.0 Å². The van der Waals surface area contributed by atoms with E-state index in [0.29, 0.717) is 27.8 Å². The zero-order chi connectivity index (χ0) is 23.6. The van der Waals surface area contributed by atoms with Crippen LogP contribution in [0.4, 0.5) is 5.82 Å². The lowest BCUT2D eigenvalue weighted by atomic mass is 9.91. The predicted octanol–water partition coefficient (Wildman–Crippen LogP) is 4.34. The second-order valence-electron chi connectivity index (χ2n) is 7.61. The summed E-state index contributed by atoms with van der Waals surface area (Å²) in [6.07, 6.45) is 1.61. The second kappa shape index (κ2) is 8.68. The van der Waals surface area contributed by atoms with Crippen LogP contribution in [0.15, 0.2) is 42.1 Å². The maximum Gasteiger partial charge on any atom is 0.338 e. The molecule has 7 nitrogen and oxygen atoms in total. The van der Waals surface area contributed by atoms with Crippen molar-refractivity contribution >= 4 is 17.4 Å². The van der Waals surface area contributed by atoms with Crippen molar-refractivity contribution in [3.8, 4) is 29.3 Å². The monoisotopic (exact) mass is 423 g/mol. The molecule has 1 aromatic rings. The van der Waals surface area contributed by atoms with Crippen LogP contribution in [-0.4, -0.2) is 17.6 Å². The van der Waals surface area contributed by atoms with E-state index in [-0.39, 0.29) is 28.4 Å². The number of rotatable bonds is 4. The fraction of sp³-hybridized carbons (Fsp3) is 0.200. The fourth-order valence-electron chi connectivity index (χ4n) is 3.74. The molecule has 158 valence electrons. The Morgan fingerprint density at radius 2 is 1.75 bits per heavy atom. The first-order valence-corrected chi connectivity index (χ1v) is 9.84. The van der Waals surface area contributed by atoms with Crippen LogP contribution in [0.25, 0.3) is 16.7 Å². The highest BCUT2D eigenvalue weighted by atomic mass is 16.5. The smallest absolute Gasteiger partial charge is 0.338 e. The highest BCUT2D eigenvalue weighted by Crippen LogP contribution is 2.42. The Bertz CT molecular complexity index is 1340. The molecule has 0 unspecified atom stereocenters. The number of carbonyl (C=O) groups is 1. The summed E-state index contributed by atoms with van der Waals surface area (Å²) in [6, 6.07) is 15.1. The van der Waals surface area contributed by atoms with Gasteiger partial charge in [0.05, 0.1) is 12.7 Å². The molecule has 0 aromatic carbocycles. The van der Waals surface area contributed by atoms with Crippen LogP contribution in [0, 0.1) is 34.0 Å². The van der Waals surface area contributed by atoms with Crippen molar-refractivity contribution in [1.29, 1.82) is 15.8 Å². The van der Waals surface area contributed by atoms with Crippen LogP contribution in [0.2, 0.25) is 0 Å². The number of hydrogen-bond acceptors (Lipinski definition) is 6. The molecule has 0 radical (unpaired) electrons. The molecule has 2 aliphatic rings. The zero-order valence-electron chi connectivity index (χ0n) is 18.2. The predicted molar refractivity (Wildman–Crippen MR) is 120 cm³/mol. The molecule has 0 bridgehead atoms. The third kappa shape index (κ3) is 3.55. The Hall–Kier alpha value is -4.54. The lowest BCUT2D eigenvalue weighted by molar-refractivity contribution is 0.0602. The minimum Gasteiger partial charge on any atom is -0.465 e. The molecule has 32 heavy (non-hydrogen) atoms. The molecule has 0 saturated heterocycles. The number of anilines is 1. The van der Waals surface area contributed by atoms with Crippen molar-refractivity contribution in [2.75, 3.05) is 12.8 Å². The zero-order valence-corrected chi connectivity index (χ0v) is 18.2. The van der Waals surface area contributed by atoms with Gasteiger partial charge >= 0.3 is 5.97 Å². The number of allylic oxidation sites excluding steroid dienone is 1. The Labute approximate surface area is 186 Å². The summed E-state index contributed by atoms with van der Waals surface area (Å²) in [4.78, 5) is 12.6. The molecule has 0 atom stereocenters. The SMILES string of the molecule is COC(=O)c1cc(C(=C(C#N)C#N)c2cn(C)c(N)c2C#N)c2cccc(C(C)C)cc1-2. The normalized spacial score (nSPS) is 10.3. The number of nitrogens with two attached hydrogens (primary N) is 1.